The minimum atomic E-state index is -1.08. The molecule has 0 spiro atoms. The van der Waals surface area contributed by atoms with Crippen LogP contribution >= 0.6 is 11.3 Å². The van der Waals surface area contributed by atoms with E-state index >= 15 is 0 Å². The summed E-state index contributed by atoms with van der Waals surface area (Å²) >= 11 is 1.34. The van der Waals surface area contributed by atoms with Gasteiger partial charge >= 0.3 is 5.97 Å². The van der Waals surface area contributed by atoms with Gasteiger partial charge in [-0.3, -0.25) is 4.79 Å². The lowest BCUT2D eigenvalue weighted by atomic mass is 10.2. The summed E-state index contributed by atoms with van der Waals surface area (Å²) in [4.78, 5) is 29.5. The predicted molar refractivity (Wildman–Crippen MR) is 89.8 cm³/mol. The van der Waals surface area contributed by atoms with Crippen molar-refractivity contribution in [2.75, 3.05) is 13.1 Å². The highest BCUT2D eigenvalue weighted by Crippen LogP contribution is 2.25. The molecule has 132 valence electrons. The number of carbonyl (C=O) groups excluding carboxylic acids is 1. The number of aromatic nitrogens is 1. The molecule has 6 nitrogen and oxygen atoms in total. The van der Waals surface area contributed by atoms with Crippen molar-refractivity contribution in [1.29, 1.82) is 0 Å². The summed E-state index contributed by atoms with van der Waals surface area (Å²) < 4.78 is 18.6. The second-order valence-electron chi connectivity index (χ2n) is 5.90. The quantitative estimate of drug-likeness (QED) is 0.900. The van der Waals surface area contributed by atoms with Crippen LogP contribution < -0.4 is 0 Å². The lowest BCUT2D eigenvalue weighted by Gasteiger charge is -2.34. The lowest BCUT2D eigenvalue weighted by Crippen LogP contribution is -2.52. The van der Waals surface area contributed by atoms with Gasteiger partial charge in [0.25, 0.3) is 0 Å². The number of ether oxygens (including phenoxy) is 1. The average molecular weight is 364 g/mol. The fourth-order valence-corrected chi connectivity index (χ4v) is 3.52. The first-order chi connectivity index (χ1) is 11.9. The Morgan fingerprint density at radius 3 is 2.96 bits per heavy atom. The zero-order valence-electron chi connectivity index (χ0n) is 13.5. The SMILES string of the molecule is C[C@@H]1CN(C(=O)Cc2csc(-c3cccc(F)c3)n2)CC(C(=O)O)O1. The van der Waals surface area contributed by atoms with Crippen LogP contribution in [-0.4, -0.2) is 52.2 Å². The summed E-state index contributed by atoms with van der Waals surface area (Å²) in [6.45, 7) is 2.11. The highest BCUT2D eigenvalue weighted by molar-refractivity contribution is 7.13. The molecule has 1 unspecified atom stereocenters. The van der Waals surface area contributed by atoms with Gasteiger partial charge in [0, 0.05) is 17.5 Å². The molecule has 1 fully saturated rings. The van der Waals surface area contributed by atoms with Crippen molar-refractivity contribution in [3.8, 4) is 10.6 Å². The molecule has 1 aromatic heterocycles. The molecular formula is C17H17FN2O4S. The van der Waals surface area contributed by atoms with Gasteiger partial charge < -0.3 is 14.7 Å². The number of aliphatic carboxylic acids is 1. The number of carboxylic acid groups (broad SMARTS) is 1. The summed E-state index contributed by atoms with van der Waals surface area (Å²) in [7, 11) is 0. The number of nitrogens with zero attached hydrogens (tertiary/aromatic N) is 2. The Hall–Kier alpha value is -2.32. The second-order valence-corrected chi connectivity index (χ2v) is 6.76. The molecule has 2 atom stereocenters. The molecule has 0 bridgehead atoms. The molecule has 1 aliphatic rings. The summed E-state index contributed by atoms with van der Waals surface area (Å²) in [6, 6.07) is 6.12. The van der Waals surface area contributed by atoms with Crippen LogP contribution in [0.1, 0.15) is 12.6 Å². The Morgan fingerprint density at radius 1 is 1.44 bits per heavy atom. The fourth-order valence-electron chi connectivity index (χ4n) is 2.70. The van der Waals surface area contributed by atoms with Gasteiger partial charge in [-0.25, -0.2) is 14.2 Å². The number of halogens is 1. The van der Waals surface area contributed by atoms with E-state index < -0.39 is 12.1 Å². The van der Waals surface area contributed by atoms with Crippen LogP contribution in [-0.2, 0) is 20.7 Å². The van der Waals surface area contributed by atoms with Crippen LogP contribution in [0.4, 0.5) is 4.39 Å². The lowest BCUT2D eigenvalue weighted by molar-refractivity contribution is -0.166. The first kappa shape index (κ1) is 17.5. The largest absolute Gasteiger partial charge is 0.479 e. The van der Waals surface area contributed by atoms with Crippen molar-refractivity contribution in [2.24, 2.45) is 0 Å². The maximum Gasteiger partial charge on any atom is 0.334 e. The third-order valence-corrected chi connectivity index (χ3v) is 4.78. The second kappa shape index (κ2) is 7.28. The molecule has 0 saturated carbocycles. The van der Waals surface area contributed by atoms with E-state index in [2.05, 4.69) is 4.98 Å². The van der Waals surface area contributed by atoms with Crippen LogP contribution in [0, 0.1) is 5.82 Å². The third-order valence-electron chi connectivity index (χ3n) is 3.84. The summed E-state index contributed by atoms with van der Waals surface area (Å²) in [5, 5.41) is 11.5. The monoisotopic (exact) mass is 364 g/mol. The van der Waals surface area contributed by atoms with Crippen LogP contribution in [0.2, 0.25) is 0 Å². The first-order valence-electron chi connectivity index (χ1n) is 7.79. The summed E-state index contributed by atoms with van der Waals surface area (Å²) in [5.41, 5.74) is 1.25. The smallest absolute Gasteiger partial charge is 0.334 e. The van der Waals surface area contributed by atoms with E-state index in [1.807, 2.05) is 0 Å². The van der Waals surface area contributed by atoms with Gasteiger partial charge in [-0.2, -0.15) is 0 Å². The van der Waals surface area contributed by atoms with Crippen LogP contribution in [0.25, 0.3) is 10.6 Å². The maximum atomic E-state index is 13.3. The minimum Gasteiger partial charge on any atom is -0.479 e. The summed E-state index contributed by atoms with van der Waals surface area (Å²) in [6.07, 6.45) is -1.27. The molecule has 1 amide bonds. The normalized spacial score (nSPS) is 20.5. The van der Waals surface area contributed by atoms with Gasteiger partial charge in [-0.15, -0.1) is 11.3 Å². The number of benzene rings is 1. The van der Waals surface area contributed by atoms with Gasteiger partial charge in [0.15, 0.2) is 6.10 Å². The molecule has 2 aromatic rings. The maximum absolute atomic E-state index is 13.3. The average Bonchev–Trinajstić information content (AvgIpc) is 3.02. The molecule has 25 heavy (non-hydrogen) atoms. The fraction of sp³-hybridized carbons (Fsp3) is 0.353. The standard InChI is InChI=1S/C17H17FN2O4S/c1-10-7-20(8-14(24-10)17(22)23)15(21)6-13-9-25-16(19-13)11-3-2-4-12(18)5-11/h2-5,9-10,14H,6-8H2,1H3,(H,22,23)/t10-,14?/m1/s1. The Morgan fingerprint density at radius 2 is 2.24 bits per heavy atom. The number of rotatable bonds is 4. The van der Waals surface area contributed by atoms with Gasteiger partial charge in [-0.1, -0.05) is 12.1 Å². The van der Waals surface area contributed by atoms with Gasteiger partial charge in [0.05, 0.1) is 24.8 Å². The minimum absolute atomic E-state index is 0.0272. The van der Waals surface area contributed by atoms with Crippen molar-refractivity contribution < 1.29 is 23.8 Å². The molecule has 1 aromatic carbocycles. The highest BCUT2D eigenvalue weighted by atomic mass is 32.1. The van der Waals surface area contributed by atoms with Gasteiger partial charge in [-0.05, 0) is 19.1 Å². The Kier molecular flexibility index (Phi) is 5.10. The van der Waals surface area contributed by atoms with E-state index in [0.29, 0.717) is 22.8 Å². The topological polar surface area (TPSA) is 79.7 Å². The van der Waals surface area contributed by atoms with Crippen molar-refractivity contribution >= 4 is 23.2 Å². The van der Waals surface area contributed by atoms with Crippen LogP contribution in [0.3, 0.4) is 0 Å². The number of hydrogen-bond acceptors (Lipinski definition) is 5. The number of carboxylic acids is 1. The van der Waals surface area contributed by atoms with Crippen LogP contribution in [0.15, 0.2) is 29.6 Å². The number of carbonyl (C=O) groups is 2. The number of amides is 1. The number of morpholine rings is 1. The van der Waals surface area contributed by atoms with Crippen molar-refractivity contribution in [2.45, 2.75) is 25.6 Å². The molecule has 3 rings (SSSR count). The number of hydrogen-bond donors (Lipinski definition) is 1. The van der Waals surface area contributed by atoms with E-state index in [-0.39, 0.29) is 30.8 Å². The molecule has 2 heterocycles. The molecule has 1 N–H and O–H groups in total. The predicted octanol–water partition coefficient (Wildman–Crippen LogP) is 2.19. The zero-order valence-corrected chi connectivity index (χ0v) is 14.3. The molecular weight excluding hydrogens is 347 g/mol. The van der Waals surface area contributed by atoms with Crippen molar-refractivity contribution in [3.63, 3.8) is 0 Å². The zero-order chi connectivity index (χ0) is 18.0. The van der Waals surface area contributed by atoms with E-state index in [4.69, 9.17) is 9.84 Å². The Balaban J connectivity index is 1.68. The first-order valence-corrected chi connectivity index (χ1v) is 8.66. The molecule has 8 heteroatoms. The van der Waals surface area contributed by atoms with Crippen LogP contribution in [0.5, 0.6) is 0 Å². The Bertz CT molecular complexity index is 794. The summed E-state index contributed by atoms with van der Waals surface area (Å²) in [5.74, 6) is -1.61. The van der Waals surface area contributed by atoms with Crippen molar-refractivity contribution in [1.82, 2.24) is 9.88 Å². The molecule has 1 saturated heterocycles. The Labute approximate surface area is 147 Å². The van der Waals surface area contributed by atoms with Gasteiger partial charge in [0.1, 0.15) is 10.8 Å². The highest BCUT2D eigenvalue weighted by Gasteiger charge is 2.32. The van der Waals surface area contributed by atoms with E-state index in [1.54, 1.807) is 24.4 Å². The van der Waals surface area contributed by atoms with E-state index in [1.165, 1.54) is 28.4 Å². The molecule has 0 radical (unpaired) electrons. The van der Waals surface area contributed by atoms with Crippen molar-refractivity contribution in [3.05, 3.63) is 41.2 Å². The van der Waals surface area contributed by atoms with E-state index in [0.717, 1.165) is 0 Å². The molecule has 1 aliphatic heterocycles. The molecule has 0 aliphatic carbocycles. The van der Waals surface area contributed by atoms with Gasteiger partial charge in [0.2, 0.25) is 5.91 Å². The van der Waals surface area contributed by atoms with E-state index in [9.17, 15) is 14.0 Å². The number of thiazole rings is 1. The third kappa shape index (κ3) is 4.21.